The topological polar surface area (TPSA) is 23.5 Å². The fourth-order valence-corrected chi connectivity index (χ4v) is 3.26. The lowest BCUT2D eigenvalue weighted by Gasteiger charge is -2.23. The molecule has 0 saturated carbocycles. The lowest BCUT2D eigenvalue weighted by molar-refractivity contribution is 0.198. The van der Waals surface area contributed by atoms with Crippen molar-refractivity contribution in [2.75, 3.05) is 20.7 Å². The summed E-state index contributed by atoms with van der Waals surface area (Å²) in [5.41, 5.74) is 0. The molecule has 144 valence electrons. The number of hydrogen-bond donors (Lipinski definition) is 1. The number of allylic oxidation sites excluding steroid dienone is 2. The van der Waals surface area contributed by atoms with E-state index in [9.17, 15) is 0 Å². The number of unbranched alkanes of at least 4 members (excludes halogenated alkanes) is 11. The van der Waals surface area contributed by atoms with Crippen LogP contribution in [-0.4, -0.2) is 36.8 Å². The molecule has 0 aromatic heterocycles. The SMILES string of the molecule is CCCCCCCC/C=C\CCCCCCCC(CCO)N(C)C. The Bertz CT molecular complexity index is 263. The second-order valence-electron chi connectivity index (χ2n) is 7.50. The van der Waals surface area contributed by atoms with E-state index in [1.165, 1.54) is 89.9 Å². The van der Waals surface area contributed by atoms with E-state index < -0.39 is 0 Å². The summed E-state index contributed by atoms with van der Waals surface area (Å²) in [6.45, 7) is 2.59. The zero-order valence-corrected chi connectivity index (χ0v) is 16.9. The Morgan fingerprint density at radius 1 is 0.708 bits per heavy atom. The number of nitrogens with zero attached hydrogens (tertiary/aromatic N) is 1. The molecular weight excluding hydrogens is 294 g/mol. The van der Waals surface area contributed by atoms with Crippen LogP contribution in [0.15, 0.2) is 12.2 Å². The van der Waals surface area contributed by atoms with E-state index in [1.807, 2.05) is 0 Å². The fourth-order valence-electron chi connectivity index (χ4n) is 3.26. The zero-order chi connectivity index (χ0) is 17.9. The molecule has 1 N–H and O–H groups in total. The summed E-state index contributed by atoms with van der Waals surface area (Å²) >= 11 is 0. The molecule has 0 aliphatic carbocycles. The molecule has 1 unspecified atom stereocenters. The number of aliphatic hydroxyl groups excluding tert-OH is 1. The first-order valence-corrected chi connectivity index (χ1v) is 10.6. The Balaban J connectivity index is 3.28. The summed E-state index contributed by atoms with van der Waals surface area (Å²) in [7, 11) is 4.25. The Hall–Kier alpha value is -0.340. The maximum Gasteiger partial charge on any atom is 0.0445 e. The monoisotopic (exact) mass is 339 g/mol. The predicted octanol–water partition coefficient (Wildman–Crippen LogP) is 6.34. The van der Waals surface area contributed by atoms with E-state index in [2.05, 4.69) is 38.1 Å². The van der Waals surface area contributed by atoms with Gasteiger partial charge in [0.15, 0.2) is 0 Å². The Labute approximate surface area is 152 Å². The zero-order valence-electron chi connectivity index (χ0n) is 16.9. The molecule has 0 aromatic rings. The van der Waals surface area contributed by atoms with Gasteiger partial charge in [0.25, 0.3) is 0 Å². The van der Waals surface area contributed by atoms with E-state index in [0.29, 0.717) is 12.6 Å². The second kappa shape index (κ2) is 19.0. The van der Waals surface area contributed by atoms with Gasteiger partial charge in [-0.05, 0) is 52.6 Å². The molecule has 0 spiro atoms. The maximum absolute atomic E-state index is 9.08. The minimum atomic E-state index is 0.313. The third-order valence-electron chi connectivity index (χ3n) is 4.99. The fraction of sp³-hybridized carbons (Fsp3) is 0.909. The first kappa shape index (κ1) is 23.7. The van der Waals surface area contributed by atoms with Gasteiger partial charge in [-0.1, -0.05) is 76.9 Å². The van der Waals surface area contributed by atoms with Gasteiger partial charge in [0.05, 0.1) is 0 Å². The molecule has 0 fully saturated rings. The molecule has 0 aliphatic heterocycles. The van der Waals surface area contributed by atoms with E-state index in [4.69, 9.17) is 5.11 Å². The number of rotatable bonds is 18. The van der Waals surface area contributed by atoms with E-state index in [0.717, 1.165) is 6.42 Å². The van der Waals surface area contributed by atoms with Gasteiger partial charge in [0.1, 0.15) is 0 Å². The van der Waals surface area contributed by atoms with Crippen molar-refractivity contribution in [3.63, 3.8) is 0 Å². The van der Waals surface area contributed by atoms with Gasteiger partial charge in [-0.15, -0.1) is 0 Å². The van der Waals surface area contributed by atoms with Gasteiger partial charge in [-0.25, -0.2) is 0 Å². The highest BCUT2D eigenvalue weighted by Gasteiger charge is 2.09. The average Bonchev–Trinajstić information content (AvgIpc) is 2.57. The second-order valence-corrected chi connectivity index (χ2v) is 7.50. The van der Waals surface area contributed by atoms with Gasteiger partial charge < -0.3 is 10.0 Å². The highest BCUT2D eigenvalue weighted by atomic mass is 16.3. The van der Waals surface area contributed by atoms with Crippen LogP contribution in [0.4, 0.5) is 0 Å². The lowest BCUT2D eigenvalue weighted by Crippen LogP contribution is -2.28. The van der Waals surface area contributed by atoms with Crippen molar-refractivity contribution in [3.05, 3.63) is 12.2 Å². The maximum atomic E-state index is 9.08. The van der Waals surface area contributed by atoms with Gasteiger partial charge in [0, 0.05) is 12.6 Å². The summed E-state index contributed by atoms with van der Waals surface area (Å²) < 4.78 is 0. The number of hydrogen-bond acceptors (Lipinski definition) is 2. The summed E-state index contributed by atoms with van der Waals surface area (Å²) in [6.07, 6.45) is 24.6. The van der Waals surface area contributed by atoms with Crippen LogP contribution in [0.2, 0.25) is 0 Å². The van der Waals surface area contributed by atoms with Crippen molar-refractivity contribution in [1.29, 1.82) is 0 Å². The smallest absolute Gasteiger partial charge is 0.0445 e. The quantitative estimate of drug-likeness (QED) is 0.233. The molecular formula is C22H45NO. The minimum absolute atomic E-state index is 0.313. The summed E-state index contributed by atoms with van der Waals surface area (Å²) in [5, 5.41) is 9.08. The molecule has 2 nitrogen and oxygen atoms in total. The summed E-state index contributed by atoms with van der Waals surface area (Å²) in [4.78, 5) is 2.25. The Kier molecular flexibility index (Phi) is 18.7. The van der Waals surface area contributed by atoms with Crippen LogP contribution in [0, 0.1) is 0 Å². The van der Waals surface area contributed by atoms with Crippen LogP contribution in [-0.2, 0) is 0 Å². The van der Waals surface area contributed by atoms with E-state index in [-0.39, 0.29) is 0 Å². The average molecular weight is 340 g/mol. The van der Waals surface area contributed by atoms with Crippen molar-refractivity contribution in [2.24, 2.45) is 0 Å². The molecule has 0 heterocycles. The first-order chi connectivity index (χ1) is 11.7. The normalized spacial score (nSPS) is 13.2. The third kappa shape index (κ3) is 16.5. The Morgan fingerprint density at radius 2 is 1.21 bits per heavy atom. The lowest BCUT2D eigenvalue weighted by atomic mass is 10.0. The first-order valence-electron chi connectivity index (χ1n) is 10.6. The van der Waals surface area contributed by atoms with Crippen LogP contribution in [0.5, 0.6) is 0 Å². The van der Waals surface area contributed by atoms with Crippen molar-refractivity contribution < 1.29 is 5.11 Å². The molecule has 0 bridgehead atoms. The van der Waals surface area contributed by atoms with Crippen molar-refractivity contribution >= 4 is 0 Å². The molecule has 0 rings (SSSR count). The standard InChI is InChI=1S/C22H45NO/c1-4-5-6-7-8-9-10-11-12-13-14-15-16-17-18-19-22(20-21-24)23(2)3/h11-12,22,24H,4-10,13-21H2,1-3H3/b12-11-. The number of aliphatic hydroxyl groups is 1. The molecule has 0 radical (unpaired) electrons. The van der Waals surface area contributed by atoms with Crippen LogP contribution in [0.25, 0.3) is 0 Å². The predicted molar refractivity (Wildman–Crippen MR) is 109 cm³/mol. The molecule has 0 amide bonds. The van der Waals surface area contributed by atoms with Gasteiger partial charge in [-0.2, -0.15) is 0 Å². The van der Waals surface area contributed by atoms with Crippen LogP contribution < -0.4 is 0 Å². The highest BCUT2D eigenvalue weighted by molar-refractivity contribution is 4.81. The van der Waals surface area contributed by atoms with Crippen LogP contribution >= 0.6 is 0 Å². The summed E-state index contributed by atoms with van der Waals surface area (Å²) in [6, 6.07) is 0.555. The van der Waals surface area contributed by atoms with Crippen LogP contribution in [0.1, 0.15) is 103 Å². The van der Waals surface area contributed by atoms with Crippen molar-refractivity contribution in [3.8, 4) is 0 Å². The van der Waals surface area contributed by atoms with Crippen molar-refractivity contribution in [2.45, 2.75) is 109 Å². The molecule has 1 atom stereocenters. The van der Waals surface area contributed by atoms with Gasteiger partial charge >= 0.3 is 0 Å². The Morgan fingerprint density at radius 3 is 1.71 bits per heavy atom. The molecule has 0 aliphatic rings. The molecule has 2 heteroatoms. The van der Waals surface area contributed by atoms with Gasteiger partial charge in [0.2, 0.25) is 0 Å². The molecule has 0 aromatic carbocycles. The molecule has 24 heavy (non-hydrogen) atoms. The van der Waals surface area contributed by atoms with Crippen LogP contribution in [0.3, 0.4) is 0 Å². The van der Waals surface area contributed by atoms with E-state index >= 15 is 0 Å². The summed E-state index contributed by atoms with van der Waals surface area (Å²) in [5.74, 6) is 0. The molecule has 0 saturated heterocycles. The minimum Gasteiger partial charge on any atom is -0.396 e. The van der Waals surface area contributed by atoms with Gasteiger partial charge in [-0.3, -0.25) is 0 Å². The van der Waals surface area contributed by atoms with E-state index in [1.54, 1.807) is 0 Å². The third-order valence-corrected chi connectivity index (χ3v) is 4.99. The highest BCUT2D eigenvalue weighted by Crippen LogP contribution is 2.13. The largest absolute Gasteiger partial charge is 0.396 e. The van der Waals surface area contributed by atoms with Crippen molar-refractivity contribution in [1.82, 2.24) is 4.90 Å².